The fourth-order valence-corrected chi connectivity index (χ4v) is 5.77. The third kappa shape index (κ3) is 7.79. The van der Waals surface area contributed by atoms with Gasteiger partial charge in [-0.1, -0.05) is 121 Å². The second kappa shape index (κ2) is 14.4. The van der Waals surface area contributed by atoms with Gasteiger partial charge in [0, 0.05) is 4.90 Å². The largest absolute Gasteiger partial charge is 0.394 e. The van der Waals surface area contributed by atoms with Crippen LogP contribution in [0.1, 0.15) is 16.7 Å². The molecule has 0 spiro atoms. The van der Waals surface area contributed by atoms with Crippen LogP contribution in [0.2, 0.25) is 0 Å². The molecule has 6 heteroatoms. The monoisotopic (exact) mass is 542 g/mol. The first-order valence-electron chi connectivity index (χ1n) is 13.2. The lowest BCUT2D eigenvalue weighted by Gasteiger charge is -2.45. The summed E-state index contributed by atoms with van der Waals surface area (Å²) in [4.78, 5) is 1.05. The van der Waals surface area contributed by atoms with Gasteiger partial charge in [-0.05, 0) is 28.8 Å². The van der Waals surface area contributed by atoms with Crippen molar-refractivity contribution in [2.24, 2.45) is 0 Å². The molecule has 1 heterocycles. The molecule has 4 aromatic rings. The molecule has 0 aliphatic carbocycles. The Balaban J connectivity index is 1.44. The van der Waals surface area contributed by atoms with Crippen LogP contribution in [0.4, 0.5) is 0 Å². The summed E-state index contributed by atoms with van der Waals surface area (Å²) in [6.45, 7) is 0.976. The molecule has 5 nitrogen and oxygen atoms in total. The van der Waals surface area contributed by atoms with Crippen LogP contribution in [0.15, 0.2) is 126 Å². The highest BCUT2D eigenvalue weighted by Crippen LogP contribution is 2.38. The van der Waals surface area contributed by atoms with Crippen LogP contribution in [0.5, 0.6) is 0 Å². The summed E-state index contributed by atoms with van der Waals surface area (Å²) in [7, 11) is 0. The molecular formula is C33H34O5S. The van der Waals surface area contributed by atoms with E-state index in [1.165, 1.54) is 0 Å². The molecule has 0 saturated carbocycles. The number of aliphatic hydroxyl groups excluding tert-OH is 1. The molecule has 1 aliphatic heterocycles. The van der Waals surface area contributed by atoms with Crippen molar-refractivity contribution < 1.29 is 24.1 Å². The highest BCUT2D eigenvalue weighted by atomic mass is 32.2. The molecule has 1 fully saturated rings. The Morgan fingerprint density at radius 2 is 0.949 bits per heavy atom. The Hall–Kier alpha value is -2.97. The van der Waals surface area contributed by atoms with Crippen LogP contribution >= 0.6 is 11.8 Å². The molecule has 5 rings (SSSR count). The van der Waals surface area contributed by atoms with Crippen molar-refractivity contribution >= 4 is 11.8 Å². The summed E-state index contributed by atoms with van der Waals surface area (Å²) >= 11 is 1.57. The van der Waals surface area contributed by atoms with E-state index in [9.17, 15) is 5.11 Å². The van der Waals surface area contributed by atoms with Crippen LogP contribution in [-0.4, -0.2) is 41.6 Å². The van der Waals surface area contributed by atoms with Gasteiger partial charge >= 0.3 is 0 Å². The number of aliphatic hydroxyl groups is 1. The standard InChI is InChI=1S/C33H34O5S/c34-21-29-30(35-22-25-13-5-1-6-14-25)31(36-23-26-15-7-2-8-16-26)32(37-24-27-17-9-3-10-18-27)33(38-29)39-28-19-11-4-12-20-28/h1-20,29-34H,21-24H2/t29-,30-,31+,32-,33-/m1/s1. The minimum atomic E-state index is -0.577. The van der Waals surface area contributed by atoms with E-state index < -0.39 is 29.9 Å². The van der Waals surface area contributed by atoms with Crippen molar-refractivity contribution in [3.05, 3.63) is 138 Å². The van der Waals surface area contributed by atoms with E-state index >= 15 is 0 Å². The number of hydrogen-bond donors (Lipinski definition) is 1. The Bertz CT molecular complexity index is 1230. The van der Waals surface area contributed by atoms with Crippen molar-refractivity contribution in [2.45, 2.75) is 54.6 Å². The first kappa shape index (κ1) is 27.6. The summed E-state index contributed by atoms with van der Waals surface area (Å²) in [5.41, 5.74) is 2.75. The Morgan fingerprint density at radius 3 is 1.41 bits per heavy atom. The highest BCUT2D eigenvalue weighted by Gasteiger charge is 2.48. The number of benzene rings is 4. The number of rotatable bonds is 12. The van der Waals surface area contributed by atoms with Crippen molar-refractivity contribution in [3.63, 3.8) is 0 Å². The van der Waals surface area contributed by atoms with Crippen molar-refractivity contribution in [1.82, 2.24) is 0 Å². The zero-order chi connectivity index (χ0) is 26.7. The normalized spacial score (nSPS) is 22.9. The molecular weight excluding hydrogens is 508 g/mol. The summed E-state index contributed by atoms with van der Waals surface area (Å²) in [5.74, 6) is 0. The van der Waals surface area contributed by atoms with Crippen LogP contribution < -0.4 is 0 Å². The van der Waals surface area contributed by atoms with E-state index in [4.69, 9.17) is 18.9 Å². The SMILES string of the molecule is OC[C@H]1O[C@H](Sc2ccccc2)[C@H](OCc2ccccc2)[C@@H](OCc2ccccc2)[C@@H]1OCc1ccccc1. The average molecular weight is 543 g/mol. The quantitative estimate of drug-likeness (QED) is 0.228. The van der Waals surface area contributed by atoms with E-state index in [0.29, 0.717) is 19.8 Å². The maximum Gasteiger partial charge on any atom is 0.137 e. The molecule has 1 aliphatic rings. The van der Waals surface area contributed by atoms with Gasteiger partial charge in [-0.3, -0.25) is 0 Å². The Morgan fingerprint density at radius 1 is 0.538 bits per heavy atom. The number of ether oxygens (including phenoxy) is 4. The first-order chi connectivity index (χ1) is 19.3. The molecule has 1 N–H and O–H groups in total. The molecule has 1 saturated heterocycles. The van der Waals surface area contributed by atoms with E-state index in [1.54, 1.807) is 11.8 Å². The summed E-state index contributed by atoms with van der Waals surface area (Å²) in [5, 5.41) is 10.4. The summed E-state index contributed by atoms with van der Waals surface area (Å²) < 4.78 is 26.2. The molecule has 0 bridgehead atoms. The minimum Gasteiger partial charge on any atom is -0.394 e. The molecule has 0 radical (unpaired) electrons. The van der Waals surface area contributed by atoms with E-state index in [-0.39, 0.29) is 6.61 Å². The number of hydrogen-bond acceptors (Lipinski definition) is 6. The van der Waals surface area contributed by atoms with Crippen LogP contribution in [0.25, 0.3) is 0 Å². The first-order valence-corrected chi connectivity index (χ1v) is 14.1. The Kier molecular flexibility index (Phi) is 10.2. The fourth-order valence-electron chi connectivity index (χ4n) is 4.62. The van der Waals surface area contributed by atoms with E-state index in [2.05, 4.69) is 0 Å². The zero-order valence-electron chi connectivity index (χ0n) is 21.8. The second-order valence-corrected chi connectivity index (χ2v) is 10.6. The van der Waals surface area contributed by atoms with Crippen LogP contribution in [-0.2, 0) is 38.8 Å². The summed E-state index contributed by atoms with van der Waals surface area (Å²) in [6.07, 6.45) is -2.05. The van der Waals surface area contributed by atoms with E-state index in [0.717, 1.165) is 21.6 Å². The molecule has 0 aromatic heterocycles. The van der Waals surface area contributed by atoms with Gasteiger partial charge in [-0.25, -0.2) is 0 Å². The van der Waals surface area contributed by atoms with Crippen molar-refractivity contribution in [1.29, 1.82) is 0 Å². The Labute approximate surface area is 234 Å². The van der Waals surface area contributed by atoms with Crippen molar-refractivity contribution in [3.8, 4) is 0 Å². The predicted molar refractivity (Wildman–Crippen MR) is 153 cm³/mol. The smallest absolute Gasteiger partial charge is 0.137 e. The van der Waals surface area contributed by atoms with Gasteiger partial charge in [0.15, 0.2) is 0 Å². The highest BCUT2D eigenvalue weighted by molar-refractivity contribution is 7.99. The number of thioether (sulfide) groups is 1. The van der Waals surface area contributed by atoms with Crippen LogP contribution in [0, 0.1) is 0 Å². The molecule has 0 unspecified atom stereocenters. The maximum atomic E-state index is 10.4. The average Bonchev–Trinajstić information content (AvgIpc) is 3.00. The molecule has 39 heavy (non-hydrogen) atoms. The second-order valence-electron chi connectivity index (χ2n) is 9.44. The third-order valence-electron chi connectivity index (χ3n) is 6.62. The lowest BCUT2D eigenvalue weighted by molar-refractivity contribution is -0.251. The topological polar surface area (TPSA) is 57.2 Å². The molecule has 0 amide bonds. The molecule has 5 atom stereocenters. The molecule has 4 aromatic carbocycles. The van der Waals surface area contributed by atoms with Gasteiger partial charge in [0.2, 0.25) is 0 Å². The van der Waals surface area contributed by atoms with Gasteiger partial charge in [-0.2, -0.15) is 0 Å². The van der Waals surface area contributed by atoms with Crippen molar-refractivity contribution in [2.75, 3.05) is 6.61 Å². The van der Waals surface area contributed by atoms with Gasteiger partial charge in [-0.15, -0.1) is 0 Å². The van der Waals surface area contributed by atoms with Gasteiger partial charge in [0.05, 0.1) is 26.4 Å². The van der Waals surface area contributed by atoms with Gasteiger partial charge < -0.3 is 24.1 Å². The third-order valence-corrected chi connectivity index (χ3v) is 7.78. The van der Waals surface area contributed by atoms with Gasteiger partial charge in [0.25, 0.3) is 0 Å². The van der Waals surface area contributed by atoms with Gasteiger partial charge in [0.1, 0.15) is 29.9 Å². The fraction of sp³-hybridized carbons (Fsp3) is 0.273. The van der Waals surface area contributed by atoms with E-state index in [1.807, 2.05) is 121 Å². The van der Waals surface area contributed by atoms with Crippen LogP contribution in [0.3, 0.4) is 0 Å². The lowest BCUT2D eigenvalue weighted by Crippen LogP contribution is -2.60. The summed E-state index contributed by atoms with van der Waals surface area (Å²) in [6, 6.07) is 40.3. The zero-order valence-corrected chi connectivity index (χ0v) is 22.6. The predicted octanol–water partition coefficient (Wildman–Crippen LogP) is 6.25. The minimum absolute atomic E-state index is 0.193. The molecule has 202 valence electrons. The lowest BCUT2D eigenvalue weighted by atomic mass is 9.99. The maximum absolute atomic E-state index is 10.4.